The molecule has 1 aliphatic rings. The molecule has 2 amide bonds. The topological polar surface area (TPSA) is 77.1 Å². The van der Waals surface area contributed by atoms with E-state index in [-0.39, 0.29) is 14.9 Å². The van der Waals surface area contributed by atoms with Crippen LogP contribution in [-0.4, -0.2) is 42.5 Å². The second-order valence-corrected chi connectivity index (χ2v) is 7.98. The smallest absolute Gasteiger partial charge is 0.285 e. The Hall–Kier alpha value is -2.75. The number of ether oxygens (including phenoxy) is 3. The molecule has 0 unspecified atom stereocenters. The predicted molar refractivity (Wildman–Crippen MR) is 120 cm³/mol. The zero-order chi connectivity index (χ0) is 21.8. The van der Waals surface area contributed by atoms with Gasteiger partial charge in [0.1, 0.15) is 0 Å². The summed E-state index contributed by atoms with van der Waals surface area (Å²) in [5.41, 5.74) is 3.38. The summed E-state index contributed by atoms with van der Waals surface area (Å²) in [5.74, 6) is 0.345. The monoisotopic (exact) mass is 464 g/mol. The average Bonchev–Trinajstić information content (AvgIpc) is 3.00. The Morgan fingerprint density at radius 1 is 1.13 bits per heavy atom. The Morgan fingerprint density at radius 2 is 1.77 bits per heavy atom. The molecule has 30 heavy (non-hydrogen) atoms. The molecule has 0 bridgehead atoms. The molecule has 7 nitrogen and oxygen atoms in total. The van der Waals surface area contributed by atoms with Gasteiger partial charge in [-0.05, 0) is 48.1 Å². The molecule has 1 saturated heterocycles. The molecule has 156 valence electrons. The average molecular weight is 465 g/mol. The van der Waals surface area contributed by atoms with Gasteiger partial charge in [-0.25, -0.2) is 0 Å². The Balaban J connectivity index is 1.86. The van der Waals surface area contributed by atoms with E-state index in [1.807, 2.05) is 0 Å². The SMILES string of the molecule is COc1cc(/C=C2/SC(=S)N(NC(=O)c3ccccc3Cl)C2=O)cc(OC)c1OC. The molecule has 1 N–H and O–H groups in total. The fourth-order valence-electron chi connectivity index (χ4n) is 2.71. The number of hydrazine groups is 1. The van der Waals surface area contributed by atoms with E-state index in [1.54, 1.807) is 42.5 Å². The lowest BCUT2D eigenvalue weighted by molar-refractivity contribution is -0.123. The van der Waals surface area contributed by atoms with Gasteiger partial charge in [-0.15, -0.1) is 0 Å². The molecule has 2 aromatic carbocycles. The molecular weight excluding hydrogens is 448 g/mol. The molecule has 0 aliphatic carbocycles. The van der Waals surface area contributed by atoms with Gasteiger partial charge in [0.15, 0.2) is 15.8 Å². The maximum absolute atomic E-state index is 12.8. The van der Waals surface area contributed by atoms with Gasteiger partial charge in [0.2, 0.25) is 5.75 Å². The van der Waals surface area contributed by atoms with Crippen LogP contribution in [0, 0.1) is 0 Å². The lowest BCUT2D eigenvalue weighted by Crippen LogP contribution is -2.44. The highest BCUT2D eigenvalue weighted by Gasteiger charge is 2.34. The van der Waals surface area contributed by atoms with Gasteiger partial charge in [0.25, 0.3) is 11.8 Å². The number of benzene rings is 2. The van der Waals surface area contributed by atoms with Gasteiger partial charge in [-0.3, -0.25) is 15.0 Å². The molecule has 1 aliphatic heterocycles. The van der Waals surface area contributed by atoms with Crippen molar-refractivity contribution in [2.75, 3.05) is 21.3 Å². The van der Waals surface area contributed by atoms with E-state index in [9.17, 15) is 9.59 Å². The minimum atomic E-state index is -0.536. The van der Waals surface area contributed by atoms with Crippen molar-refractivity contribution in [1.82, 2.24) is 10.4 Å². The van der Waals surface area contributed by atoms with E-state index < -0.39 is 11.8 Å². The van der Waals surface area contributed by atoms with Crippen molar-refractivity contribution in [2.45, 2.75) is 0 Å². The molecule has 0 aromatic heterocycles. The lowest BCUT2D eigenvalue weighted by Gasteiger charge is -2.16. The Kier molecular flexibility index (Phi) is 6.86. The van der Waals surface area contributed by atoms with Crippen LogP contribution in [0.2, 0.25) is 5.02 Å². The summed E-state index contributed by atoms with van der Waals surface area (Å²) in [4.78, 5) is 25.6. The van der Waals surface area contributed by atoms with E-state index in [1.165, 1.54) is 21.3 Å². The summed E-state index contributed by atoms with van der Waals surface area (Å²) < 4.78 is 16.2. The molecule has 3 rings (SSSR count). The first-order valence-electron chi connectivity index (χ1n) is 8.53. The molecule has 0 spiro atoms. The Labute approximate surface area is 187 Å². The standard InChI is InChI=1S/C20H17ClN2O5S2/c1-26-14-8-11(9-15(27-2)17(14)28-3)10-16-19(25)23(20(29)30-16)22-18(24)12-6-4-5-7-13(12)21/h4-10H,1-3H3,(H,22,24)/b16-10+. The number of carbonyl (C=O) groups excluding carboxylic acids is 2. The number of carbonyl (C=O) groups is 2. The quantitative estimate of drug-likeness (QED) is 0.513. The third-order valence-corrected chi connectivity index (χ3v) is 5.74. The molecular formula is C20H17ClN2O5S2. The highest BCUT2D eigenvalue weighted by Crippen LogP contribution is 2.40. The van der Waals surface area contributed by atoms with Crippen LogP contribution in [0.5, 0.6) is 17.2 Å². The van der Waals surface area contributed by atoms with Crippen molar-refractivity contribution in [3.8, 4) is 17.2 Å². The van der Waals surface area contributed by atoms with Crippen LogP contribution in [0.3, 0.4) is 0 Å². The van der Waals surface area contributed by atoms with E-state index in [4.69, 9.17) is 38.0 Å². The number of thioether (sulfide) groups is 1. The molecule has 0 atom stereocenters. The van der Waals surface area contributed by atoms with Gasteiger partial charge >= 0.3 is 0 Å². The third-order valence-electron chi connectivity index (χ3n) is 4.11. The summed E-state index contributed by atoms with van der Waals surface area (Å²) >= 11 is 12.4. The van der Waals surface area contributed by atoms with Crippen LogP contribution in [0.25, 0.3) is 6.08 Å². The summed E-state index contributed by atoms with van der Waals surface area (Å²) in [5, 5.41) is 1.29. The van der Waals surface area contributed by atoms with Gasteiger partial charge in [0, 0.05) is 0 Å². The first-order chi connectivity index (χ1) is 14.4. The minimum absolute atomic E-state index is 0.194. The second kappa shape index (κ2) is 9.38. The van der Waals surface area contributed by atoms with Crippen molar-refractivity contribution >= 4 is 57.8 Å². The third kappa shape index (κ3) is 4.38. The first-order valence-corrected chi connectivity index (χ1v) is 10.1. The summed E-state index contributed by atoms with van der Waals surface area (Å²) in [7, 11) is 4.52. The highest BCUT2D eigenvalue weighted by atomic mass is 35.5. The molecule has 0 saturated carbocycles. The van der Waals surface area contributed by atoms with Crippen LogP contribution < -0.4 is 19.6 Å². The van der Waals surface area contributed by atoms with E-state index in [0.717, 1.165) is 16.8 Å². The summed E-state index contributed by atoms with van der Waals surface area (Å²) in [6, 6.07) is 9.94. The lowest BCUT2D eigenvalue weighted by atomic mass is 10.1. The van der Waals surface area contributed by atoms with Crippen molar-refractivity contribution in [3.63, 3.8) is 0 Å². The first kappa shape index (κ1) is 21.9. The molecule has 0 radical (unpaired) electrons. The van der Waals surface area contributed by atoms with Gasteiger partial charge in [-0.2, -0.15) is 5.01 Å². The van der Waals surface area contributed by atoms with Gasteiger partial charge < -0.3 is 14.2 Å². The molecule has 1 heterocycles. The Morgan fingerprint density at radius 3 is 2.33 bits per heavy atom. The largest absolute Gasteiger partial charge is 0.493 e. The van der Waals surface area contributed by atoms with Crippen LogP contribution in [-0.2, 0) is 4.79 Å². The second-order valence-electron chi connectivity index (χ2n) is 5.90. The number of methoxy groups -OCH3 is 3. The van der Waals surface area contributed by atoms with E-state index in [0.29, 0.717) is 27.7 Å². The van der Waals surface area contributed by atoms with Crippen LogP contribution in [0.4, 0.5) is 0 Å². The number of amides is 2. The van der Waals surface area contributed by atoms with Crippen LogP contribution >= 0.6 is 35.6 Å². The maximum Gasteiger partial charge on any atom is 0.285 e. The van der Waals surface area contributed by atoms with E-state index >= 15 is 0 Å². The minimum Gasteiger partial charge on any atom is -0.493 e. The normalized spacial score (nSPS) is 14.8. The van der Waals surface area contributed by atoms with Crippen molar-refractivity contribution < 1.29 is 23.8 Å². The molecule has 2 aromatic rings. The molecule has 10 heteroatoms. The summed E-state index contributed by atoms with van der Waals surface area (Å²) in [6.07, 6.45) is 1.63. The zero-order valence-electron chi connectivity index (χ0n) is 16.2. The number of rotatable bonds is 6. The number of halogens is 1. The van der Waals surface area contributed by atoms with Crippen LogP contribution in [0.1, 0.15) is 15.9 Å². The zero-order valence-corrected chi connectivity index (χ0v) is 18.6. The van der Waals surface area contributed by atoms with Crippen LogP contribution in [0.15, 0.2) is 41.3 Å². The van der Waals surface area contributed by atoms with E-state index in [2.05, 4.69) is 5.43 Å². The van der Waals surface area contributed by atoms with Gasteiger partial charge in [0.05, 0.1) is 36.8 Å². The van der Waals surface area contributed by atoms with Crippen molar-refractivity contribution in [3.05, 3.63) is 57.5 Å². The highest BCUT2D eigenvalue weighted by molar-refractivity contribution is 8.26. The number of nitrogens with one attached hydrogen (secondary N) is 1. The number of hydrogen-bond acceptors (Lipinski definition) is 7. The maximum atomic E-state index is 12.8. The molecule has 1 fully saturated rings. The van der Waals surface area contributed by atoms with Crippen molar-refractivity contribution in [1.29, 1.82) is 0 Å². The van der Waals surface area contributed by atoms with Gasteiger partial charge in [-0.1, -0.05) is 35.5 Å². The fourth-order valence-corrected chi connectivity index (χ4v) is 4.11. The predicted octanol–water partition coefficient (Wildman–Crippen LogP) is 3.91. The summed E-state index contributed by atoms with van der Waals surface area (Å²) in [6.45, 7) is 0. The Bertz CT molecular complexity index is 1030. The van der Waals surface area contributed by atoms with Crippen molar-refractivity contribution in [2.24, 2.45) is 0 Å². The fraction of sp³-hybridized carbons (Fsp3) is 0.150. The number of thiocarbonyl (C=S) groups is 1. The number of hydrogen-bond donors (Lipinski definition) is 1. The number of nitrogens with zero attached hydrogens (tertiary/aromatic N) is 1.